The van der Waals surface area contributed by atoms with Gasteiger partial charge in [-0.1, -0.05) is 0 Å². The molecule has 1 aromatic rings. The summed E-state index contributed by atoms with van der Waals surface area (Å²) in [6.07, 6.45) is 0.397. The van der Waals surface area contributed by atoms with Crippen LogP contribution in [0.3, 0.4) is 0 Å². The molecule has 4 nitrogen and oxygen atoms in total. The Balaban J connectivity index is 2.74. The second kappa shape index (κ2) is 3.74. The number of rotatable bonds is 2. The molecule has 1 rings (SSSR count). The average molecular weight is 199 g/mol. The third kappa shape index (κ3) is 2.42. The molecular weight excluding hydrogens is 186 g/mol. The number of aromatic nitrogens is 1. The van der Waals surface area contributed by atoms with Gasteiger partial charge in [0.05, 0.1) is 12.1 Å². The predicted molar refractivity (Wildman–Crippen MR) is 53.7 cm³/mol. The van der Waals surface area contributed by atoms with Crippen molar-refractivity contribution < 1.29 is 4.79 Å². The summed E-state index contributed by atoms with van der Waals surface area (Å²) >= 11 is 1.38. The zero-order chi connectivity index (χ0) is 10.0. The molecule has 13 heavy (non-hydrogen) atoms. The zero-order valence-corrected chi connectivity index (χ0v) is 8.81. The molecule has 0 unspecified atom stereocenters. The van der Waals surface area contributed by atoms with E-state index in [0.717, 1.165) is 10.6 Å². The van der Waals surface area contributed by atoms with Gasteiger partial charge in [-0.25, -0.2) is 4.98 Å². The number of nitrogens with two attached hydrogens (primary N) is 1. The predicted octanol–water partition coefficient (Wildman–Crippen LogP) is 0.664. The number of carbonyl (C=O) groups is 1. The van der Waals surface area contributed by atoms with Gasteiger partial charge < -0.3 is 10.6 Å². The van der Waals surface area contributed by atoms with Crippen LogP contribution in [0.2, 0.25) is 0 Å². The summed E-state index contributed by atoms with van der Waals surface area (Å²) in [5, 5.41) is 0.527. The number of nitrogens with zero attached hydrogens (tertiary/aromatic N) is 2. The third-order valence-electron chi connectivity index (χ3n) is 1.72. The highest BCUT2D eigenvalue weighted by atomic mass is 32.1. The van der Waals surface area contributed by atoms with Crippen molar-refractivity contribution in [3.8, 4) is 0 Å². The molecular formula is C8H13N3OS. The molecule has 0 spiro atoms. The maximum atomic E-state index is 11.3. The lowest BCUT2D eigenvalue weighted by Gasteiger charge is -2.08. The average Bonchev–Trinajstić information content (AvgIpc) is 2.30. The molecule has 0 aromatic carbocycles. The Morgan fingerprint density at radius 3 is 2.62 bits per heavy atom. The first-order chi connectivity index (χ1) is 6.00. The van der Waals surface area contributed by atoms with Crippen molar-refractivity contribution in [3.05, 3.63) is 10.6 Å². The lowest BCUT2D eigenvalue weighted by molar-refractivity contribution is -0.127. The highest BCUT2D eigenvalue weighted by Gasteiger charge is 2.11. The summed E-state index contributed by atoms with van der Waals surface area (Å²) in [6.45, 7) is 1.87. The second-order valence-electron chi connectivity index (χ2n) is 3.03. The van der Waals surface area contributed by atoms with E-state index in [1.165, 1.54) is 11.3 Å². The number of likely N-dealkylation sites (N-methyl/N-ethyl adjacent to an activating group) is 1. The topological polar surface area (TPSA) is 59.2 Å². The summed E-state index contributed by atoms with van der Waals surface area (Å²) in [6, 6.07) is 0. The van der Waals surface area contributed by atoms with Crippen molar-refractivity contribution in [1.29, 1.82) is 0 Å². The monoisotopic (exact) mass is 199 g/mol. The molecule has 0 fully saturated rings. The molecule has 0 radical (unpaired) electrons. The van der Waals surface area contributed by atoms with Crippen LogP contribution < -0.4 is 5.73 Å². The van der Waals surface area contributed by atoms with Crippen LogP contribution in [0.5, 0.6) is 0 Å². The summed E-state index contributed by atoms with van der Waals surface area (Å²) in [4.78, 5) is 17.9. The highest BCUT2D eigenvalue weighted by Crippen LogP contribution is 2.20. The van der Waals surface area contributed by atoms with Gasteiger partial charge >= 0.3 is 0 Å². The van der Waals surface area contributed by atoms with E-state index in [-0.39, 0.29) is 5.91 Å². The summed E-state index contributed by atoms with van der Waals surface area (Å²) in [7, 11) is 3.48. The van der Waals surface area contributed by atoms with Crippen molar-refractivity contribution in [2.75, 3.05) is 19.8 Å². The quantitative estimate of drug-likeness (QED) is 0.761. The zero-order valence-electron chi connectivity index (χ0n) is 8.00. The summed E-state index contributed by atoms with van der Waals surface area (Å²) in [5.74, 6) is 0.0757. The number of hydrogen-bond acceptors (Lipinski definition) is 4. The summed E-state index contributed by atoms with van der Waals surface area (Å²) < 4.78 is 0. The van der Waals surface area contributed by atoms with Gasteiger partial charge in [-0.05, 0) is 6.92 Å². The van der Waals surface area contributed by atoms with E-state index in [1.54, 1.807) is 19.0 Å². The fourth-order valence-corrected chi connectivity index (χ4v) is 1.73. The highest BCUT2D eigenvalue weighted by molar-refractivity contribution is 7.15. The molecule has 1 aromatic heterocycles. The lowest BCUT2D eigenvalue weighted by Crippen LogP contribution is -2.23. The van der Waals surface area contributed by atoms with E-state index < -0.39 is 0 Å². The lowest BCUT2D eigenvalue weighted by atomic mass is 10.3. The van der Waals surface area contributed by atoms with Crippen LogP contribution in [-0.2, 0) is 11.2 Å². The van der Waals surface area contributed by atoms with Crippen LogP contribution in [0.15, 0.2) is 0 Å². The molecule has 0 bridgehead atoms. The second-order valence-corrected chi connectivity index (χ2v) is 4.14. The number of hydrogen-bond donors (Lipinski definition) is 1. The summed E-state index contributed by atoms with van der Waals surface area (Å²) in [5.41, 5.74) is 6.37. The van der Waals surface area contributed by atoms with E-state index in [1.807, 2.05) is 6.92 Å². The van der Waals surface area contributed by atoms with Gasteiger partial charge in [-0.2, -0.15) is 0 Å². The van der Waals surface area contributed by atoms with Crippen LogP contribution in [-0.4, -0.2) is 29.9 Å². The van der Waals surface area contributed by atoms with E-state index in [9.17, 15) is 4.79 Å². The molecule has 0 saturated carbocycles. The first-order valence-electron chi connectivity index (χ1n) is 3.92. The number of nitrogen functional groups attached to an aromatic ring is 1. The van der Waals surface area contributed by atoms with Crippen molar-refractivity contribution in [2.24, 2.45) is 0 Å². The van der Waals surface area contributed by atoms with Crippen LogP contribution in [0.25, 0.3) is 0 Å². The van der Waals surface area contributed by atoms with Gasteiger partial charge in [0.1, 0.15) is 0 Å². The Labute approximate surface area is 81.4 Å². The minimum Gasteiger partial charge on any atom is -0.375 e. The Morgan fingerprint density at radius 1 is 1.62 bits per heavy atom. The molecule has 72 valence electrons. The minimum absolute atomic E-state index is 0.0757. The molecule has 0 aliphatic carbocycles. The van der Waals surface area contributed by atoms with E-state index >= 15 is 0 Å². The third-order valence-corrected chi connectivity index (χ3v) is 2.71. The Bertz CT molecular complexity index is 319. The Hall–Kier alpha value is -1.10. The Kier molecular flexibility index (Phi) is 2.87. The molecule has 2 N–H and O–H groups in total. The normalized spacial score (nSPS) is 10.1. The molecule has 0 saturated heterocycles. The Morgan fingerprint density at radius 2 is 2.23 bits per heavy atom. The van der Waals surface area contributed by atoms with Crippen molar-refractivity contribution in [1.82, 2.24) is 9.88 Å². The molecule has 1 amide bonds. The number of amides is 1. The largest absolute Gasteiger partial charge is 0.375 e. The van der Waals surface area contributed by atoms with Crippen LogP contribution >= 0.6 is 11.3 Å². The molecule has 0 aliphatic heterocycles. The van der Waals surface area contributed by atoms with Crippen LogP contribution in [0.1, 0.15) is 10.6 Å². The van der Waals surface area contributed by atoms with Crippen molar-refractivity contribution in [2.45, 2.75) is 13.3 Å². The van der Waals surface area contributed by atoms with Crippen LogP contribution in [0, 0.1) is 6.92 Å². The van der Waals surface area contributed by atoms with Gasteiger partial charge in [-0.15, -0.1) is 11.3 Å². The van der Waals surface area contributed by atoms with Crippen molar-refractivity contribution in [3.63, 3.8) is 0 Å². The SMILES string of the molecule is Cc1nc(N)sc1CC(=O)N(C)C. The number of carbonyl (C=O) groups excluding carboxylic acids is 1. The number of anilines is 1. The van der Waals surface area contributed by atoms with Gasteiger partial charge in [0.2, 0.25) is 5.91 Å². The standard InChI is InChI=1S/C8H13N3OS/c1-5-6(13-8(9)10-5)4-7(12)11(2)3/h4H2,1-3H3,(H2,9,10). The minimum atomic E-state index is 0.0757. The number of aryl methyl sites for hydroxylation is 1. The van der Waals surface area contributed by atoms with E-state index in [0.29, 0.717) is 11.6 Å². The van der Waals surface area contributed by atoms with Gasteiger partial charge in [-0.3, -0.25) is 4.79 Å². The molecule has 1 heterocycles. The molecule has 0 atom stereocenters. The molecule has 5 heteroatoms. The van der Waals surface area contributed by atoms with Gasteiger partial charge in [0.25, 0.3) is 0 Å². The fraction of sp³-hybridized carbons (Fsp3) is 0.500. The maximum absolute atomic E-state index is 11.3. The first kappa shape index (κ1) is 9.98. The molecule has 0 aliphatic rings. The fourth-order valence-electron chi connectivity index (χ4n) is 0.910. The van der Waals surface area contributed by atoms with Gasteiger partial charge in [0.15, 0.2) is 5.13 Å². The van der Waals surface area contributed by atoms with Crippen molar-refractivity contribution >= 4 is 22.4 Å². The van der Waals surface area contributed by atoms with E-state index in [4.69, 9.17) is 5.73 Å². The number of thiazole rings is 1. The van der Waals surface area contributed by atoms with Crippen LogP contribution in [0.4, 0.5) is 5.13 Å². The smallest absolute Gasteiger partial charge is 0.227 e. The van der Waals surface area contributed by atoms with Gasteiger partial charge in [0, 0.05) is 19.0 Å². The first-order valence-corrected chi connectivity index (χ1v) is 4.74. The maximum Gasteiger partial charge on any atom is 0.227 e. The van der Waals surface area contributed by atoms with E-state index in [2.05, 4.69) is 4.98 Å².